The van der Waals surface area contributed by atoms with Crippen molar-refractivity contribution in [3.8, 4) is 22.8 Å². The Morgan fingerprint density at radius 3 is 2.45 bits per heavy atom. The number of ether oxygens (including phenoxy) is 2. The number of aliphatic hydroxyl groups is 1. The van der Waals surface area contributed by atoms with E-state index >= 15 is 4.39 Å². The topological polar surface area (TPSA) is 137 Å². The van der Waals surface area contributed by atoms with Crippen LogP contribution in [0.4, 0.5) is 30.7 Å². The Morgan fingerprint density at radius 1 is 1.13 bits per heavy atom. The van der Waals surface area contributed by atoms with E-state index in [1.807, 2.05) is 5.32 Å². The minimum Gasteiger partial charge on any atom is -0.491 e. The van der Waals surface area contributed by atoms with Gasteiger partial charge in [0.05, 0.1) is 25.3 Å². The fraction of sp³-hybridized carbons (Fsp3) is 0.267. The zero-order chi connectivity index (χ0) is 34.8. The fourth-order valence-electron chi connectivity index (χ4n) is 4.60. The molecule has 0 aliphatic carbocycles. The number of nitrogens with two attached hydrogens (primary N) is 1. The normalized spacial score (nSPS) is 13.0. The van der Waals surface area contributed by atoms with Crippen LogP contribution in [0.2, 0.25) is 5.02 Å². The van der Waals surface area contributed by atoms with Crippen molar-refractivity contribution < 1.29 is 54.9 Å². The van der Waals surface area contributed by atoms with Crippen LogP contribution < -0.4 is 20.5 Å². The summed E-state index contributed by atoms with van der Waals surface area (Å²) in [6.07, 6.45) is -5.01. The van der Waals surface area contributed by atoms with Gasteiger partial charge in [-0.15, -0.1) is 0 Å². The lowest BCUT2D eigenvalue weighted by Crippen LogP contribution is -2.51. The van der Waals surface area contributed by atoms with E-state index in [4.69, 9.17) is 22.1 Å². The number of nitrogens with one attached hydrogen (secondary N) is 1. The van der Waals surface area contributed by atoms with Gasteiger partial charge in [0.25, 0.3) is 5.91 Å². The molecule has 9 nitrogen and oxygen atoms in total. The number of benzene rings is 2. The van der Waals surface area contributed by atoms with Crippen LogP contribution in [-0.4, -0.2) is 52.8 Å². The number of aromatic nitrogens is 2. The third-order valence-electron chi connectivity index (χ3n) is 6.75. The average molecular weight is 689 g/mol. The number of aryl methyl sites for hydroxylation is 1. The predicted molar refractivity (Wildman–Crippen MR) is 154 cm³/mol. The first-order chi connectivity index (χ1) is 22.0. The standard InChI is InChI=1S/C30H24ClF7N4O5/c1-3-46-26-15(10-21(39)43)9-20(42-25(26)17-4-5-18(32)22(31)23(17)33)29(45,30(36,37)38)12-41-27(44)16-7-14-6-13(2)11-40-24(14)19(8-16)47-28(34)35/h4-9,11,28,45H,3,10,12H2,1-2H3,(H2,39,43)(H,41,44)/t29-/m0/s1. The van der Waals surface area contributed by atoms with Crippen LogP contribution in [0, 0.1) is 18.6 Å². The molecular formula is C30H24ClF7N4O5. The Kier molecular flexibility index (Phi) is 10.2. The highest BCUT2D eigenvalue weighted by Gasteiger charge is 2.57. The van der Waals surface area contributed by atoms with E-state index in [2.05, 4.69) is 14.7 Å². The molecule has 0 spiro atoms. The first-order valence-corrected chi connectivity index (χ1v) is 13.9. The number of nitrogens with zero attached hydrogens (tertiary/aromatic N) is 2. The van der Waals surface area contributed by atoms with Gasteiger partial charge in [-0.05, 0) is 55.8 Å². The fourth-order valence-corrected chi connectivity index (χ4v) is 4.77. The highest BCUT2D eigenvalue weighted by Crippen LogP contribution is 2.43. The highest BCUT2D eigenvalue weighted by atomic mass is 35.5. The number of primary amides is 1. The molecule has 2 heterocycles. The summed E-state index contributed by atoms with van der Waals surface area (Å²) in [5.41, 5.74) is -1.59. The van der Waals surface area contributed by atoms with Crippen molar-refractivity contribution in [3.05, 3.63) is 81.6 Å². The number of halogens is 8. The molecule has 1 atom stereocenters. The van der Waals surface area contributed by atoms with E-state index in [-0.39, 0.29) is 23.1 Å². The van der Waals surface area contributed by atoms with Gasteiger partial charge in [0, 0.05) is 28.3 Å². The van der Waals surface area contributed by atoms with Gasteiger partial charge in [-0.1, -0.05) is 11.6 Å². The summed E-state index contributed by atoms with van der Waals surface area (Å²) in [6.45, 7) is -2.03. The molecule has 4 N–H and O–H groups in total. The van der Waals surface area contributed by atoms with Gasteiger partial charge in [-0.25, -0.2) is 13.8 Å². The number of alkyl halides is 5. The molecule has 47 heavy (non-hydrogen) atoms. The number of pyridine rings is 2. The van der Waals surface area contributed by atoms with Crippen molar-refractivity contribution in [1.29, 1.82) is 0 Å². The lowest BCUT2D eigenvalue weighted by Gasteiger charge is -2.31. The molecule has 2 aromatic carbocycles. The lowest BCUT2D eigenvalue weighted by atomic mass is 9.93. The zero-order valence-corrected chi connectivity index (χ0v) is 25.1. The Hall–Kier alpha value is -4.70. The first kappa shape index (κ1) is 35.2. The largest absolute Gasteiger partial charge is 0.491 e. The number of carbonyl (C=O) groups excluding carboxylic acids is 2. The van der Waals surface area contributed by atoms with Crippen molar-refractivity contribution in [2.45, 2.75) is 38.7 Å². The molecule has 17 heteroatoms. The van der Waals surface area contributed by atoms with Crippen molar-refractivity contribution >= 4 is 34.3 Å². The van der Waals surface area contributed by atoms with Crippen LogP contribution in [-0.2, 0) is 16.8 Å². The summed E-state index contributed by atoms with van der Waals surface area (Å²) in [7, 11) is 0. The molecule has 0 bridgehead atoms. The van der Waals surface area contributed by atoms with Crippen LogP contribution >= 0.6 is 11.6 Å². The highest BCUT2D eigenvalue weighted by molar-refractivity contribution is 6.31. The second-order valence-corrected chi connectivity index (χ2v) is 10.5. The van der Waals surface area contributed by atoms with Gasteiger partial charge in [0.15, 0.2) is 11.6 Å². The number of hydrogen-bond donors (Lipinski definition) is 3. The van der Waals surface area contributed by atoms with E-state index in [9.17, 15) is 41.0 Å². The maximum absolute atomic E-state index is 15.2. The second kappa shape index (κ2) is 13.6. The molecule has 0 unspecified atom stereocenters. The summed E-state index contributed by atoms with van der Waals surface area (Å²) in [5, 5.41) is 12.2. The van der Waals surface area contributed by atoms with Gasteiger partial charge in [0.2, 0.25) is 11.5 Å². The summed E-state index contributed by atoms with van der Waals surface area (Å²) in [4.78, 5) is 32.8. The molecule has 4 rings (SSSR count). The monoisotopic (exact) mass is 688 g/mol. The van der Waals surface area contributed by atoms with Crippen LogP contribution in [0.5, 0.6) is 11.5 Å². The SMILES string of the molecule is CCOc1c(CC(N)=O)cc([C@@](O)(CNC(=O)c2cc(OC(F)F)c3ncc(C)cc3c2)C(F)(F)F)nc1-c1ccc(F)c(Cl)c1F. The third kappa shape index (κ3) is 7.33. The number of amides is 2. The van der Waals surface area contributed by atoms with Crippen LogP contribution in [0.25, 0.3) is 22.2 Å². The van der Waals surface area contributed by atoms with Crippen molar-refractivity contribution in [2.24, 2.45) is 5.73 Å². The average Bonchev–Trinajstić information content (AvgIpc) is 2.98. The summed E-state index contributed by atoms with van der Waals surface area (Å²) in [5.74, 6) is -5.89. The van der Waals surface area contributed by atoms with Crippen LogP contribution in [0.1, 0.15) is 34.1 Å². The summed E-state index contributed by atoms with van der Waals surface area (Å²) >= 11 is 5.69. The van der Waals surface area contributed by atoms with Crippen molar-refractivity contribution in [1.82, 2.24) is 15.3 Å². The third-order valence-corrected chi connectivity index (χ3v) is 7.10. The zero-order valence-electron chi connectivity index (χ0n) is 24.3. The minimum atomic E-state index is -5.59. The molecule has 0 saturated heterocycles. The van der Waals surface area contributed by atoms with Gasteiger partial charge in [-0.3, -0.25) is 14.6 Å². The number of hydrogen-bond acceptors (Lipinski definition) is 7. The van der Waals surface area contributed by atoms with Crippen LogP contribution in [0.3, 0.4) is 0 Å². The minimum absolute atomic E-state index is 0.0551. The number of rotatable bonds is 11. The molecule has 0 saturated carbocycles. The quantitative estimate of drug-likeness (QED) is 0.135. The van der Waals surface area contributed by atoms with E-state index in [0.29, 0.717) is 17.7 Å². The molecule has 0 aliphatic rings. The summed E-state index contributed by atoms with van der Waals surface area (Å²) in [6, 6.07) is 5.62. The molecule has 0 aliphatic heterocycles. The molecule has 4 aromatic rings. The number of fused-ring (bicyclic) bond motifs is 1. The maximum atomic E-state index is 15.2. The number of carbonyl (C=O) groups is 2. The van der Waals surface area contributed by atoms with E-state index in [1.54, 1.807) is 6.92 Å². The maximum Gasteiger partial charge on any atom is 0.424 e. The van der Waals surface area contributed by atoms with E-state index in [1.165, 1.54) is 19.2 Å². The second-order valence-electron chi connectivity index (χ2n) is 10.1. The van der Waals surface area contributed by atoms with Gasteiger partial charge >= 0.3 is 12.8 Å². The Labute approximate surface area is 266 Å². The Balaban J connectivity index is 1.85. The molecule has 250 valence electrons. The first-order valence-electron chi connectivity index (χ1n) is 13.5. The predicted octanol–water partition coefficient (Wildman–Crippen LogP) is 5.74. The molecule has 0 fully saturated rings. The lowest BCUT2D eigenvalue weighted by molar-refractivity contribution is -0.265. The molecule has 0 radical (unpaired) electrons. The smallest absolute Gasteiger partial charge is 0.424 e. The molecular weight excluding hydrogens is 665 g/mol. The van der Waals surface area contributed by atoms with Crippen LogP contribution in [0.15, 0.2) is 42.6 Å². The van der Waals surface area contributed by atoms with Gasteiger partial charge in [0.1, 0.15) is 27.8 Å². The van der Waals surface area contributed by atoms with Crippen molar-refractivity contribution in [2.75, 3.05) is 13.2 Å². The Bertz CT molecular complexity index is 1860. The Morgan fingerprint density at radius 2 is 1.83 bits per heavy atom. The van der Waals surface area contributed by atoms with Crippen molar-refractivity contribution in [3.63, 3.8) is 0 Å². The molecule has 2 amide bonds. The van der Waals surface area contributed by atoms with Gasteiger partial charge < -0.3 is 25.6 Å². The van der Waals surface area contributed by atoms with E-state index < -0.39 is 93.8 Å². The molecule has 2 aromatic heterocycles. The van der Waals surface area contributed by atoms with Gasteiger partial charge in [-0.2, -0.15) is 22.0 Å². The summed E-state index contributed by atoms with van der Waals surface area (Å²) < 4.78 is 109. The van der Waals surface area contributed by atoms with E-state index in [0.717, 1.165) is 18.2 Å².